The molecule has 0 spiro atoms. The Morgan fingerprint density at radius 2 is 1.68 bits per heavy atom. The lowest BCUT2D eigenvalue weighted by molar-refractivity contribution is 0.617. The van der Waals surface area contributed by atoms with Crippen molar-refractivity contribution in [3.8, 4) is 0 Å². The van der Waals surface area contributed by atoms with E-state index in [4.69, 9.17) is 0 Å². The molecule has 2 aromatic carbocycles. The van der Waals surface area contributed by atoms with E-state index in [0.717, 1.165) is 13.1 Å². The molecular formula is C18H25N. The molecule has 0 aliphatic carbocycles. The predicted molar refractivity (Wildman–Crippen MR) is 84.8 cm³/mol. The van der Waals surface area contributed by atoms with Gasteiger partial charge in [-0.1, -0.05) is 43.3 Å². The molecule has 1 nitrogen and oxygen atoms in total. The molecule has 0 aliphatic heterocycles. The zero-order chi connectivity index (χ0) is 13.5. The Hall–Kier alpha value is -1.34. The fourth-order valence-corrected chi connectivity index (χ4v) is 2.60. The summed E-state index contributed by atoms with van der Waals surface area (Å²) < 4.78 is 0. The number of hydrogen-bond acceptors (Lipinski definition) is 1. The van der Waals surface area contributed by atoms with Crippen molar-refractivity contribution in [2.24, 2.45) is 0 Å². The first-order valence-electron chi connectivity index (χ1n) is 7.51. The van der Waals surface area contributed by atoms with Crippen molar-refractivity contribution in [3.05, 3.63) is 47.5 Å². The van der Waals surface area contributed by atoms with E-state index < -0.39 is 0 Å². The van der Waals surface area contributed by atoms with Gasteiger partial charge >= 0.3 is 0 Å². The van der Waals surface area contributed by atoms with Crippen LogP contribution < -0.4 is 5.32 Å². The molecule has 0 aromatic heterocycles. The molecule has 0 saturated carbocycles. The summed E-state index contributed by atoms with van der Waals surface area (Å²) in [6, 6.07) is 13.3. The van der Waals surface area contributed by atoms with E-state index in [0.29, 0.717) is 0 Å². The summed E-state index contributed by atoms with van der Waals surface area (Å²) in [6.07, 6.45) is 4.95. The first-order chi connectivity index (χ1) is 9.33. The molecule has 0 aliphatic rings. The third-order valence-corrected chi connectivity index (χ3v) is 3.71. The summed E-state index contributed by atoms with van der Waals surface area (Å²) in [5.41, 5.74) is 2.88. The minimum atomic E-state index is 1.15. The summed E-state index contributed by atoms with van der Waals surface area (Å²) in [7, 11) is 0. The first kappa shape index (κ1) is 14.1. The molecule has 0 radical (unpaired) electrons. The zero-order valence-corrected chi connectivity index (χ0v) is 12.2. The fraction of sp³-hybridized carbons (Fsp3) is 0.444. The second kappa shape index (κ2) is 7.30. The van der Waals surface area contributed by atoms with Crippen molar-refractivity contribution in [2.75, 3.05) is 13.1 Å². The van der Waals surface area contributed by atoms with Crippen LogP contribution in [0.15, 0.2) is 36.4 Å². The van der Waals surface area contributed by atoms with Gasteiger partial charge in [-0.25, -0.2) is 0 Å². The van der Waals surface area contributed by atoms with Gasteiger partial charge in [0.2, 0.25) is 0 Å². The van der Waals surface area contributed by atoms with Crippen molar-refractivity contribution in [3.63, 3.8) is 0 Å². The minimum absolute atomic E-state index is 1.15. The van der Waals surface area contributed by atoms with E-state index in [1.54, 1.807) is 0 Å². The Morgan fingerprint density at radius 3 is 2.47 bits per heavy atom. The summed E-state index contributed by atoms with van der Waals surface area (Å²) >= 11 is 0. The molecular weight excluding hydrogens is 230 g/mol. The smallest absolute Gasteiger partial charge is 0.00488 e. The topological polar surface area (TPSA) is 12.0 Å². The first-order valence-corrected chi connectivity index (χ1v) is 7.51. The van der Waals surface area contributed by atoms with E-state index >= 15 is 0 Å². The van der Waals surface area contributed by atoms with E-state index in [1.807, 2.05) is 0 Å². The van der Waals surface area contributed by atoms with Crippen LogP contribution in [0.1, 0.15) is 37.3 Å². The maximum atomic E-state index is 3.47. The Labute approximate surface area is 117 Å². The number of benzene rings is 2. The number of nitrogens with one attached hydrogen (secondary N) is 1. The lowest BCUT2D eigenvalue weighted by atomic mass is 9.97. The van der Waals surface area contributed by atoms with Crippen LogP contribution in [0.5, 0.6) is 0 Å². The molecule has 1 N–H and O–H groups in total. The molecule has 0 saturated heterocycles. The molecule has 2 rings (SSSR count). The van der Waals surface area contributed by atoms with Gasteiger partial charge in [-0.3, -0.25) is 0 Å². The van der Waals surface area contributed by atoms with Crippen LogP contribution in [0, 0.1) is 6.92 Å². The highest BCUT2D eigenvalue weighted by molar-refractivity contribution is 5.88. The molecule has 0 fully saturated rings. The lowest BCUT2D eigenvalue weighted by Gasteiger charge is -2.09. The molecule has 19 heavy (non-hydrogen) atoms. The predicted octanol–water partition coefficient (Wildman–Crippen LogP) is 4.47. The summed E-state index contributed by atoms with van der Waals surface area (Å²) in [6.45, 7) is 6.71. The SMILES string of the molecule is CCCNCCCCc1ccc(C)c2ccccc12. The van der Waals surface area contributed by atoms with E-state index in [2.05, 4.69) is 55.6 Å². The minimum Gasteiger partial charge on any atom is -0.317 e. The fourth-order valence-electron chi connectivity index (χ4n) is 2.60. The van der Waals surface area contributed by atoms with E-state index in [1.165, 1.54) is 47.6 Å². The number of aryl methyl sites for hydroxylation is 2. The molecule has 102 valence electrons. The van der Waals surface area contributed by atoms with Crippen molar-refractivity contribution >= 4 is 10.8 Å². The van der Waals surface area contributed by atoms with Gasteiger partial charge in [-0.15, -0.1) is 0 Å². The normalized spacial score (nSPS) is 11.1. The van der Waals surface area contributed by atoms with Gasteiger partial charge in [-0.05, 0) is 67.6 Å². The van der Waals surface area contributed by atoms with Gasteiger partial charge in [0.25, 0.3) is 0 Å². The van der Waals surface area contributed by atoms with E-state index in [-0.39, 0.29) is 0 Å². The van der Waals surface area contributed by atoms with Crippen molar-refractivity contribution < 1.29 is 0 Å². The molecule has 0 heterocycles. The standard InChI is InChI=1S/C18H25N/c1-3-13-19-14-7-6-8-16-12-11-15(2)17-9-4-5-10-18(16)17/h4-5,9-12,19H,3,6-8,13-14H2,1-2H3. The zero-order valence-electron chi connectivity index (χ0n) is 12.2. The number of rotatable bonds is 7. The van der Waals surface area contributed by atoms with E-state index in [9.17, 15) is 0 Å². The number of unbranched alkanes of at least 4 members (excludes halogenated alkanes) is 1. The molecule has 0 atom stereocenters. The highest BCUT2D eigenvalue weighted by Crippen LogP contribution is 2.23. The molecule has 2 aromatic rings. The Kier molecular flexibility index (Phi) is 5.41. The van der Waals surface area contributed by atoms with Crippen LogP contribution >= 0.6 is 0 Å². The Bertz CT molecular complexity index is 516. The molecule has 0 amide bonds. The van der Waals surface area contributed by atoms with Crippen molar-refractivity contribution in [1.82, 2.24) is 5.32 Å². The van der Waals surface area contributed by atoms with Crippen LogP contribution in [0.2, 0.25) is 0 Å². The third kappa shape index (κ3) is 3.81. The van der Waals surface area contributed by atoms with Crippen LogP contribution in [-0.2, 0) is 6.42 Å². The highest BCUT2D eigenvalue weighted by Gasteiger charge is 2.02. The Morgan fingerprint density at radius 1 is 0.895 bits per heavy atom. The molecule has 0 bridgehead atoms. The largest absolute Gasteiger partial charge is 0.317 e. The van der Waals surface area contributed by atoms with Crippen molar-refractivity contribution in [2.45, 2.75) is 39.5 Å². The quantitative estimate of drug-likeness (QED) is 0.720. The van der Waals surface area contributed by atoms with Crippen molar-refractivity contribution in [1.29, 1.82) is 0 Å². The van der Waals surface area contributed by atoms with Gasteiger partial charge in [0.05, 0.1) is 0 Å². The van der Waals surface area contributed by atoms with Gasteiger partial charge < -0.3 is 5.32 Å². The maximum Gasteiger partial charge on any atom is -0.00488 e. The van der Waals surface area contributed by atoms with Gasteiger partial charge in [0.15, 0.2) is 0 Å². The number of hydrogen-bond donors (Lipinski definition) is 1. The Balaban J connectivity index is 1.96. The second-order valence-corrected chi connectivity index (χ2v) is 5.29. The average molecular weight is 255 g/mol. The highest BCUT2D eigenvalue weighted by atomic mass is 14.8. The van der Waals surface area contributed by atoms with Gasteiger partial charge in [0, 0.05) is 0 Å². The summed E-state index contributed by atoms with van der Waals surface area (Å²) in [5.74, 6) is 0. The maximum absolute atomic E-state index is 3.47. The number of fused-ring (bicyclic) bond motifs is 1. The summed E-state index contributed by atoms with van der Waals surface area (Å²) in [5, 5.41) is 6.31. The molecule has 1 heteroatoms. The van der Waals surface area contributed by atoms with Gasteiger partial charge in [-0.2, -0.15) is 0 Å². The van der Waals surface area contributed by atoms with Crippen LogP contribution in [-0.4, -0.2) is 13.1 Å². The monoisotopic (exact) mass is 255 g/mol. The van der Waals surface area contributed by atoms with Crippen LogP contribution in [0.25, 0.3) is 10.8 Å². The second-order valence-electron chi connectivity index (χ2n) is 5.29. The van der Waals surface area contributed by atoms with Crippen LogP contribution in [0.3, 0.4) is 0 Å². The van der Waals surface area contributed by atoms with Gasteiger partial charge in [0.1, 0.15) is 0 Å². The third-order valence-electron chi connectivity index (χ3n) is 3.71. The summed E-state index contributed by atoms with van der Waals surface area (Å²) in [4.78, 5) is 0. The molecule has 0 unspecified atom stereocenters. The lowest BCUT2D eigenvalue weighted by Crippen LogP contribution is -2.15. The average Bonchev–Trinajstić information content (AvgIpc) is 2.45. The van der Waals surface area contributed by atoms with Crippen LogP contribution in [0.4, 0.5) is 0 Å².